The first kappa shape index (κ1) is 18.8. The van der Waals surface area contributed by atoms with Crippen molar-refractivity contribution in [2.45, 2.75) is 18.5 Å². The number of pyridine rings is 2. The quantitative estimate of drug-likeness (QED) is 0.514. The summed E-state index contributed by atoms with van der Waals surface area (Å²) in [6.45, 7) is 0.467. The summed E-state index contributed by atoms with van der Waals surface area (Å²) < 4.78 is 0. The number of aromatic nitrogens is 2. The van der Waals surface area contributed by atoms with Gasteiger partial charge in [0.1, 0.15) is 5.54 Å². The van der Waals surface area contributed by atoms with E-state index in [2.05, 4.69) is 21.4 Å². The van der Waals surface area contributed by atoms with Crippen LogP contribution in [0.5, 0.6) is 0 Å². The molecule has 144 valence electrons. The summed E-state index contributed by atoms with van der Waals surface area (Å²) in [6.07, 6.45) is 7.38. The fraction of sp³-hybridized carbons (Fsp3) is 0.125. The van der Waals surface area contributed by atoms with E-state index in [1.165, 1.54) is 0 Å². The second-order valence-corrected chi connectivity index (χ2v) is 7.08. The van der Waals surface area contributed by atoms with Gasteiger partial charge in [-0.25, -0.2) is 0 Å². The SMILES string of the molecule is NC(=O)C(Cc1ccncc1)(NCc1cccnc1)c1ccc2ccccc2c1. The maximum absolute atomic E-state index is 12.9. The number of carbonyl (C=O) groups is 1. The fourth-order valence-electron chi connectivity index (χ4n) is 3.60. The Balaban J connectivity index is 1.79. The third-order valence-electron chi connectivity index (χ3n) is 5.20. The van der Waals surface area contributed by atoms with E-state index in [0.717, 1.165) is 27.5 Å². The number of hydrogen-bond donors (Lipinski definition) is 2. The molecule has 0 spiro atoms. The Morgan fingerprint density at radius 2 is 1.66 bits per heavy atom. The third kappa shape index (κ3) is 4.00. The first-order valence-electron chi connectivity index (χ1n) is 9.49. The number of amides is 1. The minimum atomic E-state index is -1.07. The van der Waals surface area contributed by atoms with Crippen LogP contribution < -0.4 is 11.1 Å². The summed E-state index contributed by atoms with van der Waals surface area (Å²) in [6, 6.07) is 21.8. The molecule has 0 saturated carbocycles. The molecule has 0 aliphatic carbocycles. The third-order valence-corrected chi connectivity index (χ3v) is 5.20. The van der Waals surface area contributed by atoms with Gasteiger partial charge in [0.2, 0.25) is 5.91 Å². The fourth-order valence-corrected chi connectivity index (χ4v) is 3.60. The highest BCUT2D eigenvalue weighted by atomic mass is 16.1. The van der Waals surface area contributed by atoms with Gasteiger partial charge in [-0.05, 0) is 51.7 Å². The topological polar surface area (TPSA) is 80.9 Å². The monoisotopic (exact) mass is 382 g/mol. The van der Waals surface area contributed by atoms with Crippen molar-refractivity contribution in [2.75, 3.05) is 0 Å². The summed E-state index contributed by atoms with van der Waals surface area (Å²) in [7, 11) is 0. The first-order valence-corrected chi connectivity index (χ1v) is 9.49. The zero-order chi connectivity index (χ0) is 20.1. The van der Waals surface area contributed by atoms with Gasteiger partial charge in [0.15, 0.2) is 0 Å². The van der Waals surface area contributed by atoms with E-state index in [-0.39, 0.29) is 0 Å². The van der Waals surface area contributed by atoms with Crippen molar-refractivity contribution in [3.05, 3.63) is 108 Å². The average Bonchev–Trinajstić information content (AvgIpc) is 2.77. The molecule has 2 heterocycles. The molecule has 1 atom stereocenters. The molecule has 2 aromatic heterocycles. The van der Waals surface area contributed by atoms with Crippen LogP contribution in [-0.4, -0.2) is 15.9 Å². The first-order chi connectivity index (χ1) is 14.2. The lowest BCUT2D eigenvalue weighted by Gasteiger charge is -2.33. The summed E-state index contributed by atoms with van der Waals surface area (Å²) in [5.74, 6) is -0.423. The zero-order valence-electron chi connectivity index (χ0n) is 16.0. The molecule has 5 heteroatoms. The lowest BCUT2D eigenvalue weighted by molar-refractivity contribution is -0.125. The van der Waals surface area contributed by atoms with E-state index < -0.39 is 11.4 Å². The number of rotatable bonds is 7. The molecular weight excluding hydrogens is 360 g/mol. The molecule has 3 N–H and O–H groups in total. The Hall–Kier alpha value is -3.57. The largest absolute Gasteiger partial charge is 0.368 e. The number of benzene rings is 2. The Labute approximate surface area is 169 Å². The van der Waals surface area contributed by atoms with Crippen LogP contribution >= 0.6 is 0 Å². The van der Waals surface area contributed by atoms with Gasteiger partial charge in [0.25, 0.3) is 0 Å². The molecule has 4 rings (SSSR count). The Bertz CT molecular complexity index is 1120. The number of nitrogens with zero attached hydrogens (tertiary/aromatic N) is 2. The van der Waals surface area contributed by atoms with Crippen LogP contribution in [0.4, 0.5) is 0 Å². The van der Waals surface area contributed by atoms with Gasteiger partial charge in [-0.1, -0.05) is 42.5 Å². The predicted molar refractivity (Wildman–Crippen MR) is 114 cm³/mol. The molecule has 0 aliphatic heterocycles. The number of fused-ring (bicyclic) bond motifs is 1. The van der Waals surface area contributed by atoms with Gasteiger partial charge in [0.05, 0.1) is 0 Å². The van der Waals surface area contributed by atoms with Crippen LogP contribution in [0, 0.1) is 0 Å². The minimum absolute atomic E-state index is 0.420. The molecule has 4 aromatic rings. The maximum atomic E-state index is 12.9. The number of carbonyl (C=O) groups excluding carboxylic acids is 1. The van der Waals surface area contributed by atoms with Crippen LogP contribution in [-0.2, 0) is 23.3 Å². The minimum Gasteiger partial charge on any atom is -0.368 e. The van der Waals surface area contributed by atoms with Gasteiger partial charge in [-0.15, -0.1) is 0 Å². The van der Waals surface area contributed by atoms with Crippen LogP contribution in [0.2, 0.25) is 0 Å². The zero-order valence-corrected chi connectivity index (χ0v) is 16.0. The molecule has 0 bridgehead atoms. The standard InChI is InChI=1S/C24H22N4O/c25-23(29)24(15-18-9-12-26-13-10-18,28-17-19-4-3-11-27-16-19)22-8-7-20-5-1-2-6-21(20)14-22/h1-14,16,28H,15,17H2,(H2,25,29). The second kappa shape index (κ2) is 8.20. The summed E-state index contributed by atoms with van der Waals surface area (Å²) in [5, 5.41) is 5.62. The Morgan fingerprint density at radius 1 is 0.862 bits per heavy atom. The van der Waals surface area contributed by atoms with Crippen molar-refractivity contribution in [1.29, 1.82) is 0 Å². The van der Waals surface area contributed by atoms with Crippen molar-refractivity contribution in [3.63, 3.8) is 0 Å². The normalized spacial score (nSPS) is 13.1. The number of hydrogen-bond acceptors (Lipinski definition) is 4. The highest BCUT2D eigenvalue weighted by Crippen LogP contribution is 2.29. The second-order valence-electron chi connectivity index (χ2n) is 7.08. The summed E-state index contributed by atoms with van der Waals surface area (Å²) in [5.41, 5.74) is 7.75. The molecule has 0 aliphatic rings. The molecule has 29 heavy (non-hydrogen) atoms. The lowest BCUT2D eigenvalue weighted by atomic mass is 9.82. The predicted octanol–water partition coefficient (Wildman–Crippen LogP) is 3.34. The van der Waals surface area contributed by atoms with E-state index in [0.29, 0.717) is 13.0 Å². The highest BCUT2D eigenvalue weighted by Gasteiger charge is 2.38. The van der Waals surface area contributed by atoms with Gasteiger partial charge < -0.3 is 5.73 Å². The molecule has 2 aromatic carbocycles. The smallest absolute Gasteiger partial charge is 0.242 e. The van der Waals surface area contributed by atoms with Gasteiger partial charge in [-0.3, -0.25) is 20.1 Å². The van der Waals surface area contributed by atoms with Crippen molar-refractivity contribution >= 4 is 16.7 Å². The molecule has 1 amide bonds. The van der Waals surface area contributed by atoms with Gasteiger partial charge in [-0.2, -0.15) is 0 Å². The number of nitrogens with one attached hydrogen (secondary N) is 1. The van der Waals surface area contributed by atoms with E-state index in [1.807, 2.05) is 60.7 Å². The van der Waals surface area contributed by atoms with E-state index in [1.54, 1.807) is 24.8 Å². The van der Waals surface area contributed by atoms with E-state index in [9.17, 15) is 4.79 Å². The van der Waals surface area contributed by atoms with E-state index >= 15 is 0 Å². The molecular formula is C24H22N4O. The van der Waals surface area contributed by atoms with Crippen LogP contribution in [0.1, 0.15) is 16.7 Å². The molecule has 5 nitrogen and oxygen atoms in total. The van der Waals surface area contributed by atoms with Crippen LogP contribution in [0.25, 0.3) is 10.8 Å². The van der Waals surface area contributed by atoms with Crippen molar-refractivity contribution < 1.29 is 4.79 Å². The average molecular weight is 382 g/mol. The van der Waals surface area contributed by atoms with Crippen molar-refractivity contribution in [3.8, 4) is 0 Å². The highest BCUT2D eigenvalue weighted by molar-refractivity contribution is 5.90. The molecule has 0 radical (unpaired) electrons. The number of primary amides is 1. The molecule has 1 unspecified atom stereocenters. The van der Waals surface area contributed by atoms with Crippen LogP contribution in [0.3, 0.4) is 0 Å². The van der Waals surface area contributed by atoms with Gasteiger partial charge >= 0.3 is 0 Å². The Morgan fingerprint density at radius 3 is 2.38 bits per heavy atom. The summed E-state index contributed by atoms with van der Waals surface area (Å²) in [4.78, 5) is 21.2. The van der Waals surface area contributed by atoms with E-state index in [4.69, 9.17) is 5.73 Å². The Kier molecular flexibility index (Phi) is 5.31. The lowest BCUT2D eigenvalue weighted by Crippen LogP contribution is -2.54. The van der Waals surface area contributed by atoms with Crippen LogP contribution in [0.15, 0.2) is 91.5 Å². The number of nitrogens with two attached hydrogens (primary N) is 1. The molecule has 0 saturated heterocycles. The molecule has 0 fully saturated rings. The van der Waals surface area contributed by atoms with Crippen molar-refractivity contribution in [1.82, 2.24) is 15.3 Å². The van der Waals surface area contributed by atoms with Crippen molar-refractivity contribution in [2.24, 2.45) is 5.73 Å². The maximum Gasteiger partial charge on any atom is 0.242 e. The summed E-state index contributed by atoms with van der Waals surface area (Å²) >= 11 is 0. The van der Waals surface area contributed by atoms with Gasteiger partial charge in [0, 0.05) is 37.8 Å².